The summed E-state index contributed by atoms with van der Waals surface area (Å²) in [6, 6.07) is 5.07. The standard InChI is InChI=1S/C17H20BN3O5/c1-10-7-11(25-15-4-6-20-14(21-15)3-2-5-19)8-12-17(10)13(9-16(22)23)26-18(12)24/h4,6-8,13,24H,2-3,5,9,19H2,1H3,(H,22,23). The first-order valence-electron chi connectivity index (χ1n) is 8.37. The molecule has 0 amide bonds. The lowest BCUT2D eigenvalue weighted by molar-refractivity contribution is -0.138. The molecule has 0 spiro atoms. The third-order valence-corrected chi connectivity index (χ3v) is 4.14. The summed E-state index contributed by atoms with van der Waals surface area (Å²) in [5.41, 5.74) is 7.50. The monoisotopic (exact) mass is 357 g/mol. The van der Waals surface area contributed by atoms with Crippen LogP contribution in [0.3, 0.4) is 0 Å². The molecule has 2 aromatic rings. The topological polar surface area (TPSA) is 128 Å². The highest BCUT2D eigenvalue weighted by Crippen LogP contribution is 2.32. The number of fused-ring (bicyclic) bond motifs is 1. The SMILES string of the molecule is Cc1cc(Oc2ccnc(CCCN)n2)cc2c1C(CC(=O)O)OB2O. The van der Waals surface area contributed by atoms with Crippen LogP contribution < -0.4 is 15.9 Å². The van der Waals surface area contributed by atoms with Gasteiger partial charge in [-0.25, -0.2) is 4.98 Å². The average Bonchev–Trinajstić information content (AvgIpc) is 2.89. The number of carboxylic acid groups (broad SMARTS) is 1. The molecule has 0 fully saturated rings. The van der Waals surface area contributed by atoms with Crippen molar-refractivity contribution in [2.24, 2.45) is 5.73 Å². The Bertz CT molecular complexity index is 817. The number of carbonyl (C=O) groups is 1. The largest absolute Gasteiger partial charge is 0.492 e. The first kappa shape index (κ1) is 18.3. The number of ether oxygens (including phenoxy) is 1. The highest BCUT2D eigenvalue weighted by Gasteiger charge is 2.37. The summed E-state index contributed by atoms with van der Waals surface area (Å²) < 4.78 is 11.2. The molecule has 0 saturated carbocycles. The maximum atomic E-state index is 11.0. The summed E-state index contributed by atoms with van der Waals surface area (Å²) in [6.45, 7) is 2.39. The molecule has 3 rings (SSSR count). The van der Waals surface area contributed by atoms with Crippen LogP contribution in [-0.4, -0.2) is 39.7 Å². The molecule has 26 heavy (non-hydrogen) atoms. The van der Waals surface area contributed by atoms with Crippen LogP contribution in [0.1, 0.15) is 35.9 Å². The van der Waals surface area contributed by atoms with Gasteiger partial charge in [-0.1, -0.05) is 0 Å². The first-order valence-corrected chi connectivity index (χ1v) is 8.37. The van der Waals surface area contributed by atoms with E-state index in [-0.39, 0.29) is 6.42 Å². The maximum absolute atomic E-state index is 11.0. The lowest BCUT2D eigenvalue weighted by Gasteiger charge is -2.13. The highest BCUT2D eigenvalue weighted by molar-refractivity contribution is 6.62. The Kier molecular flexibility index (Phi) is 5.50. The fourth-order valence-corrected chi connectivity index (χ4v) is 3.04. The Hall–Kier alpha value is -2.49. The van der Waals surface area contributed by atoms with Crippen molar-refractivity contribution < 1.29 is 24.3 Å². The van der Waals surface area contributed by atoms with E-state index in [4.69, 9.17) is 20.2 Å². The molecule has 0 radical (unpaired) electrons. The van der Waals surface area contributed by atoms with Crippen LogP contribution in [0.4, 0.5) is 0 Å². The minimum absolute atomic E-state index is 0.207. The fourth-order valence-electron chi connectivity index (χ4n) is 3.04. The molecule has 0 saturated heterocycles. The second-order valence-corrected chi connectivity index (χ2v) is 6.12. The van der Waals surface area contributed by atoms with Gasteiger partial charge in [0.05, 0.1) is 12.5 Å². The third kappa shape index (κ3) is 4.01. The molecule has 2 heterocycles. The van der Waals surface area contributed by atoms with E-state index < -0.39 is 19.2 Å². The van der Waals surface area contributed by atoms with Crippen LogP contribution in [0.25, 0.3) is 0 Å². The van der Waals surface area contributed by atoms with E-state index in [0.717, 1.165) is 12.0 Å². The van der Waals surface area contributed by atoms with E-state index >= 15 is 0 Å². The molecule has 0 aliphatic carbocycles. The Morgan fingerprint density at radius 3 is 3.00 bits per heavy atom. The van der Waals surface area contributed by atoms with E-state index in [9.17, 15) is 9.82 Å². The van der Waals surface area contributed by atoms with E-state index in [1.54, 1.807) is 24.4 Å². The van der Waals surface area contributed by atoms with Crippen LogP contribution in [0.2, 0.25) is 0 Å². The third-order valence-electron chi connectivity index (χ3n) is 4.14. The van der Waals surface area contributed by atoms with Crippen molar-refractivity contribution in [1.82, 2.24) is 9.97 Å². The van der Waals surface area contributed by atoms with Gasteiger partial charge in [0, 0.05) is 18.7 Å². The van der Waals surface area contributed by atoms with Crippen molar-refractivity contribution in [3.63, 3.8) is 0 Å². The maximum Gasteiger partial charge on any atom is 0.492 e. The lowest BCUT2D eigenvalue weighted by Crippen LogP contribution is -2.28. The fraction of sp³-hybridized carbons (Fsp3) is 0.353. The molecule has 1 aliphatic rings. The number of aryl methyl sites for hydroxylation is 2. The van der Waals surface area contributed by atoms with Gasteiger partial charge in [0.1, 0.15) is 11.6 Å². The molecule has 136 valence electrons. The molecule has 1 atom stereocenters. The second-order valence-electron chi connectivity index (χ2n) is 6.12. The number of aromatic nitrogens is 2. The van der Waals surface area contributed by atoms with Crippen LogP contribution >= 0.6 is 0 Å². The van der Waals surface area contributed by atoms with Gasteiger partial charge >= 0.3 is 13.1 Å². The number of nitrogens with zero attached hydrogens (tertiary/aromatic N) is 2. The van der Waals surface area contributed by atoms with E-state index in [2.05, 4.69) is 9.97 Å². The predicted octanol–water partition coefficient (Wildman–Crippen LogP) is 0.702. The Balaban J connectivity index is 1.84. The predicted molar refractivity (Wildman–Crippen MR) is 94.3 cm³/mol. The number of rotatable bonds is 7. The number of hydrogen-bond donors (Lipinski definition) is 3. The van der Waals surface area contributed by atoms with Crippen molar-refractivity contribution in [2.45, 2.75) is 32.3 Å². The summed E-state index contributed by atoms with van der Waals surface area (Å²) in [5.74, 6) is 0.543. The average molecular weight is 357 g/mol. The number of hydrogen-bond acceptors (Lipinski definition) is 7. The van der Waals surface area contributed by atoms with Crippen LogP contribution in [0.15, 0.2) is 24.4 Å². The van der Waals surface area contributed by atoms with Gasteiger partial charge < -0.3 is 25.3 Å². The van der Waals surface area contributed by atoms with E-state index in [1.807, 2.05) is 6.92 Å². The zero-order valence-corrected chi connectivity index (χ0v) is 14.4. The zero-order chi connectivity index (χ0) is 18.7. The molecule has 1 aromatic heterocycles. The summed E-state index contributed by atoms with van der Waals surface area (Å²) in [6.07, 6.45) is 2.20. The molecular weight excluding hydrogens is 337 g/mol. The molecule has 9 heteroatoms. The van der Waals surface area contributed by atoms with Crippen molar-refractivity contribution in [3.05, 3.63) is 41.3 Å². The summed E-state index contributed by atoms with van der Waals surface area (Å²) >= 11 is 0. The van der Waals surface area contributed by atoms with Gasteiger partial charge in [0.15, 0.2) is 0 Å². The number of nitrogens with two attached hydrogens (primary N) is 1. The molecule has 1 aromatic carbocycles. The number of aliphatic carboxylic acids is 1. The second kappa shape index (κ2) is 7.82. The minimum Gasteiger partial charge on any atom is -0.481 e. The molecule has 8 nitrogen and oxygen atoms in total. The molecule has 0 bridgehead atoms. The van der Waals surface area contributed by atoms with Crippen molar-refractivity contribution >= 4 is 18.6 Å². The van der Waals surface area contributed by atoms with Crippen molar-refractivity contribution in [1.29, 1.82) is 0 Å². The normalized spacial score (nSPS) is 15.8. The smallest absolute Gasteiger partial charge is 0.481 e. The van der Waals surface area contributed by atoms with Gasteiger partial charge in [0.25, 0.3) is 0 Å². The Morgan fingerprint density at radius 2 is 2.27 bits per heavy atom. The number of benzene rings is 1. The molecule has 1 aliphatic heterocycles. The molecule has 1 unspecified atom stereocenters. The van der Waals surface area contributed by atoms with Gasteiger partial charge in [0.2, 0.25) is 5.88 Å². The van der Waals surface area contributed by atoms with Crippen molar-refractivity contribution in [3.8, 4) is 11.6 Å². The van der Waals surface area contributed by atoms with Crippen LogP contribution in [0, 0.1) is 6.92 Å². The summed E-state index contributed by atoms with van der Waals surface area (Å²) in [7, 11) is -1.18. The first-order chi connectivity index (χ1) is 12.5. The van der Waals surface area contributed by atoms with E-state index in [1.165, 1.54) is 0 Å². The van der Waals surface area contributed by atoms with Crippen LogP contribution in [-0.2, 0) is 15.9 Å². The quantitative estimate of drug-likeness (QED) is 0.618. The summed E-state index contributed by atoms with van der Waals surface area (Å²) in [4.78, 5) is 19.5. The van der Waals surface area contributed by atoms with Crippen molar-refractivity contribution in [2.75, 3.05) is 6.54 Å². The number of carboxylic acids is 1. The Labute approximate surface area is 151 Å². The van der Waals surface area contributed by atoms with Gasteiger partial charge in [-0.15, -0.1) is 0 Å². The zero-order valence-electron chi connectivity index (χ0n) is 14.4. The van der Waals surface area contributed by atoms with E-state index in [0.29, 0.717) is 41.4 Å². The minimum atomic E-state index is -1.18. The van der Waals surface area contributed by atoms with Gasteiger partial charge in [-0.3, -0.25) is 4.79 Å². The molecular formula is C17H20BN3O5. The highest BCUT2D eigenvalue weighted by atomic mass is 16.5. The van der Waals surface area contributed by atoms with Gasteiger partial charge in [-0.2, -0.15) is 4.98 Å². The molecule has 4 N–H and O–H groups in total. The summed E-state index contributed by atoms with van der Waals surface area (Å²) in [5, 5.41) is 19.1. The lowest BCUT2D eigenvalue weighted by atomic mass is 9.77. The Morgan fingerprint density at radius 1 is 1.46 bits per heavy atom. The van der Waals surface area contributed by atoms with Crippen LogP contribution in [0.5, 0.6) is 11.6 Å². The van der Waals surface area contributed by atoms with Gasteiger partial charge in [-0.05, 0) is 48.6 Å².